The monoisotopic (exact) mass is 639 g/mol. The zero-order valence-electron chi connectivity index (χ0n) is 27.2. The van der Waals surface area contributed by atoms with Gasteiger partial charge in [-0.3, -0.25) is 24.0 Å². The fourth-order valence-electron chi connectivity index (χ4n) is 6.15. The van der Waals surface area contributed by atoms with Crippen molar-refractivity contribution in [2.45, 2.75) is 64.0 Å². The number of carbonyl (C=O) groups is 5. The van der Waals surface area contributed by atoms with Crippen LogP contribution >= 0.6 is 0 Å². The highest BCUT2D eigenvalue weighted by Crippen LogP contribution is 2.28. The molecule has 0 spiro atoms. The van der Waals surface area contributed by atoms with Crippen LogP contribution in [0.4, 0.5) is 10.1 Å². The van der Waals surface area contributed by atoms with Gasteiger partial charge in [0.2, 0.25) is 17.7 Å². The normalized spacial score (nSPS) is 17.1. The number of rotatable bonds is 11. The van der Waals surface area contributed by atoms with E-state index in [4.69, 9.17) is 0 Å². The molecule has 2 heterocycles. The number of hydrogen-bond acceptors (Lipinski definition) is 6. The SMILES string of the molecule is CCC(=O)N[C@H](Cc1ccc(NC(=O)[C@@H](NC(=O)c2ccc(C(=O)NC)n2C)C2CCCCC2)c(F)c1)C(=O)N1CCN(C)CC1. The number of amides is 5. The number of piperazine rings is 1. The van der Waals surface area contributed by atoms with Crippen LogP contribution in [0.2, 0.25) is 0 Å². The molecule has 1 aliphatic heterocycles. The summed E-state index contributed by atoms with van der Waals surface area (Å²) in [4.78, 5) is 68.5. The van der Waals surface area contributed by atoms with E-state index in [1.807, 2.05) is 7.05 Å². The Morgan fingerprint density at radius 2 is 1.54 bits per heavy atom. The first-order valence-electron chi connectivity index (χ1n) is 16.1. The number of hydrogen-bond donors (Lipinski definition) is 4. The highest BCUT2D eigenvalue weighted by molar-refractivity contribution is 6.02. The maximum absolute atomic E-state index is 15.5. The van der Waals surface area contributed by atoms with Gasteiger partial charge in [0.05, 0.1) is 5.69 Å². The molecule has 2 aliphatic rings. The van der Waals surface area contributed by atoms with Gasteiger partial charge in [-0.1, -0.05) is 32.3 Å². The zero-order valence-corrected chi connectivity index (χ0v) is 27.2. The fraction of sp³-hybridized carbons (Fsp3) is 0.545. The minimum absolute atomic E-state index is 0.0517. The van der Waals surface area contributed by atoms with Crippen molar-refractivity contribution < 1.29 is 28.4 Å². The Hall–Kier alpha value is -4.26. The molecule has 4 rings (SSSR count). The number of anilines is 1. The van der Waals surface area contributed by atoms with Crippen LogP contribution in [0.3, 0.4) is 0 Å². The predicted octanol–water partition coefficient (Wildman–Crippen LogP) is 2.05. The van der Waals surface area contributed by atoms with E-state index in [2.05, 4.69) is 26.2 Å². The molecule has 12 nitrogen and oxygen atoms in total. The third-order valence-corrected chi connectivity index (χ3v) is 9.00. The number of benzene rings is 1. The number of likely N-dealkylation sites (N-methyl/N-ethyl adjacent to an activating group) is 1. The first-order valence-corrected chi connectivity index (χ1v) is 16.1. The van der Waals surface area contributed by atoms with Gasteiger partial charge in [-0.25, -0.2) is 4.39 Å². The molecule has 1 aliphatic carbocycles. The standard InChI is InChI=1S/C33H46FN7O5/c1-5-28(42)36-25(33(46)41-17-15-39(3)16-18-41)20-21-11-12-24(23(34)19-21)37-32(45)29(22-9-7-6-8-10-22)38-31(44)27-14-13-26(40(27)4)30(43)35-2/h11-14,19,22,25,29H,5-10,15-18,20H2,1-4H3,(H,35,43)(H,36,42)(H,37,45)(H,38,44)/t25-,29+/m1/s1. The lowest BCUT2D eigenvalue weighted by molar-refractivity contribution is -0.137. The Bertz CT molecular complexity index is 1430. The number of carbonyl (C=O) groups excluding carboxylic acids is 5. The molecule has 0 radical (unpaired) electrons. The van der Waals surface area contributed by atoms with E-state index in [1.54, 1.807) is 24.9 Å². The summed E-state index contributed by atoms with van der Waals surface area (Å²) in [5.41, 5.74) is 0.963. The molecule has 0 bridgehead atoms. The summed E-state index contributed by atoms with van der Waals surface area (Å²) >= 11 is 0. The van der Waals surface area contributed by atoms with Gasteiger partial charge in [-0.15, -0.1) is 0 Å². The van der Waals surface area contributed by atoms with Gasteiger partial charge in [-0.05, 0) is 55.6 Å². The van der Waals surface area contributed by atoms with E-state index in [-0.39, 0.29) is 47.9 Å². The molecule has 1 saturated heterocycles. The number of nitrogens with one attached hydrogen (secondary N) is 4. The molecule has 4 N–H and O–H groups in total. The van der Waals surface area contributed by atoms with Crippen LogP contribution in [0.15, 0.2) is 30.3 Å². The zero-order chi connectivity index (χ0) is 33.4. The lowest BCUT2D eigenvalue weighted by Gasteiger charge is -2.34. The van der Waals surface area contributed by atoms with Crippen LogP contribution in [0.25, 0.3) is 0 Å². The first-order chi connectivity index (χ1) is 22.0. The largest absolute Gasteiger partial charge is 0.354 e. The Balaban J connectivity index is 1.49. The minimum atomic E-state index is -0.917. The lowest BCUT2D eigenvalue weighted by Crippen LogP contribution is -2.54. The summed E-state index contributed by atoms with van der Waals surface area (Å²) in [7, 11) is 5.09. The number of nitrogens with zero attached hydrogens (tertiary/aromatic N) is 3. The minimum Gasteiger partial charge on any atom is -0.354 e. The molecular formula is C33H46FN7O5. The Labute approximate surface area is 269 Å². The summed E-state index contributed by atoms with van der Waals surface area (Å²) in [6.45, 7) is 4.26. The highest BCUT2D eigenvalue weighted by Gasteiger charge is 2.33. The van der Waals surface area contributed by atoms with Gasteiger partial charge in [0.1, 0.15) is 29.3 Å². The van der Waals surface area contributed by atoms with Crippen molar-refractivity contribution in [1.29, 1.82) is 0 Å². The second-order valence-electron chi connectivity index (χ2n) is 12.2. The van der Waals surface area contributed by atoms with Crippen LogP contribution in [0.1, 0.15) is 72.0 Å². The summed E-state index contributed by atoms with van der Waals surface area (Å²) in [5, 5.41) is 10.8. The topological polar surface area (TPSA) is 145 Å². The molecule has 5 amide bonds. The van der Waals surface area contributed by atoms with E-state index in [1.165, 1.54) is 35.9 Å². The second-order valence-corrected chi connectivity index (χ2v) is 12.2. The van der Waals surface area contributed by atoms with E-state index >= 15 is 4.39 Å². The first kappa shape index (κ1) is 34.6. The molecule has 0 unspecified atom stereocenters. The van der Waals surface area contributed by atoms with Gasteiger partial charge in [0.25, 0.3) is 11.8 Å². The molecule has 46 heavy (non-hydrogen) atoms. The summed E-state index contributed by atoms with van der Waals surface area (Å²) in [6, 6.07) is 5.63. The van der Waals surface area contributed by atoms with Crippen LogP contribution in [0, 0.1) is 11.7 Å². The maximum atomic E-state index is 15.5. The molecular weight excluding hydrogens is 593 g/mol. The van der Waals surface area contributed by atoms with Crippen molar-refractivity contribution in [3.8, 4) is 0 Å². The Morgan fingerprint density at radius 1 is 0.891 bits per heavy atom. The molecule has 2 atom stereocenters. The maximum Gasteiger partial charge on any atom is 0.268 e. The van der Waals surface area contributed by atoms with Crippen LogP contribution < -0.4 is 21.3 Å². The third-order valence-electron chi connectivity index (χ3n) is 9.00. The van der Waals surface area contributed by atoms with Gasteiger partial charge in [-0.2, -0.15) is 0 Å². The fourth-order valence-corrected chi connectivity index (χ4v) is 6.15. The van der Waals surface area contributed by atoms with Crippen molar-refractivity contribution in [2.75, 3.05) is 45.6 Å². The van der Waals surface area contributed by atoms with Gasteiger partial charge in [0.15, 0.2) is 0 Å². The smallest absolute Gasteiger partial charge is 0.268 e. The van der Waals surface area contributed by atoms with Crippen molar-refractivity contribution in [3.63, 3.8) is 0 Å². The van der Waals surface area contributed by atoms with Gasteiger partial charge >= 0.3 is 0 Å². The average molecular weight is 640 g/mol. The summed E-state index contributed by atoms with van der Waals surface area (Å²) in [5.74, 6) is -2.69. The van der Waals surface area contributed by atoms with Crippen LogP contribution in [-0.2, 0) is 27.9 Å². The van der Waals surface area contributed by atoms with Crippen molar-refractivity contribution >= 4 is 35.2 Å². The summed E-state index contributed by atoms with van der Waals surface area (Å²) < 4.78 is 16.9. The predicted molar refractivity (Wildman–Crippen MR) is 172 cm³/mol. The number of aromatic nitrogens is 1. The Morgan fingerprint density at radius 3 is 2.15 bits per heavy atom. The average Bonchev–Trinajstić information content (AvgIpc) is 3.45. The lowest BCUT2D eigenvalue weighted by atomic mass is 9.83. The second kappa shape index (κ2) is 15.8. The molecule has 1 aromatic heterocycles. The molecule has 1 saturated carbocycles. The molecule has 2 fully saturated rings. The third kappa shape index (κ3) is 8.51. The van der Waals surface area contributed by atoms with Gasteiger partial charge < -0.3 is 35.6 Å². The molecule has 2 aromatic rings. The molecule has 13 heteroatoms. The van der Waals surface area contributed by atoms with E-state index < -0.39 is 29.7 Å². The van der Waals surface area contributed by atoms with Crippen LogP contribution in [-0.4, -0.2) is 96.3 Å². The Kier molecular flexibility index (Phi) is 11.9. The van der Waals surface area contributed by atoms with E-state index in [9.17, 15) is 24.0 Å². The van der Waals surface area contributed by atoms with Crippen molar-refractivity contribution in [3.05, 3.63) is 53.1 Å². The van der Waals surface area contributed by atoms with Crippen LogP contribution in [0.5, 0.6) is 0 Å². The summed E-state index contributed by atoms with van der Waals surface area (Å²) in [6.07, 6.45) is 4.66. The quantitative estimate of drug-likeness (QED) is 0.296. The molecule has 250 valence electrons. The number of halogens is 1. The highest BCUT2D eigenvalue weighted by atomic mass is 19.1. The van der Waals surface area contributed by atoms with E-state index in [0.717, 1.165) is 45.2 Å². The van der Waals surface area contributed by atoms with Crippen molar-refractivity contribution in [2.24, 2.45) is 13.0 Å². The van der Waals surface area contributed by atoms with Gasteiger partial charge in [0, 0.05) is 53.1 Å². The van der Waals surface area contributed by atoms with E-state index in [0.29, 0.717) is 24.3 Å². The molecule has 1 aromatic carbocycles. The van der Waals surface area contributed by atoms with Crippen molar-refractivity contribution in [1.82, 2.24) is 30.3 Å².